The lowest BCUT2D eigenvalue weighted by Gasteiger charge is -2.35. The second kappa shape index (κ2) is 7.60. The van der Waals surface area contributed by atoms with Crippen molar-refractivity contribution in [3.8, 4) is 0 Å². The smallest absolute Gasteiger partial charge is 0.313 e. The number of benzene rings is 2. The van der Waals surface area contributed by atoms with E-state index in [1.165, 1.54) is 5.56 Å². The molecule has 0 aromatic heterocycles. The molecule has 3 rings (SSSR count). The Morgan fingerprint density at radius 2 is 1.62 bits per heavy atom. The molecule has 0 radical (unpaired) electrons. The number of rotatable bonds is 2. The van der Waals surface area contributed by atoms with Crippen molar-refractivity contribution in [2.75, 3.05) is 36.4 Å². The van der Waals surface area contributed by atoms with E-state index in [4.69, 9.17) is 0 Å². The van der Waals surface area contributed by atoms with Crippen LogP contribution in [0.1, 0.15) is 16.7 Å². The third-order valence-corrected chi connectivity index (χ3v) is 4.98. The summed E-state index contributed by atoms with van der Waals surface area (Å²) in [4.78, 5) is 28.7. The molecule has 1 heterocycles. The van der Waals surface area contributed by atoms with Gasteiger partial charge in [0.05, 0.1) is 0 Å². The molecule has 1 aliphatic rings. The van der Waals surface area contributed by atoms with E-state index < -0.39 is 11.8 Å². The van der Waals surface area contributed by atoms with Crippen LogP contribution in [0.5, 0.6) is 0 Å². The first-order valence-electron chi connectivity index (χ1n) is 8.94. The van der Waals surface area contributed by atoms with Crippen LogP contribution >= 0.6 is 0 Å². The van der Waals surface area contributed by atoms with Crippen molar-refractivity contribution in [1.29, 1.82) is 0 Å². The molecule has 1 N–H and O–H groups in total. The van der Waals surface area contributed by atoms with Gasteiger partial charge in [-0.3, -0.25) is 9.59 Å². The van der Waals surface area contributed by atoms with E-state index in [0.717, 1.165) is 29.9 Å². The Morgan fingerprint density at radius 3 is 2.31 bits per heavy atom. The fourth-order valence-corrected chi connectivity index (χ4v) is 3.20. The summed E-state index contributed by atoms with van der Waals surface area (Å²) in [6.07, 6.45) is 0. The van der Waals surface area contributed by atoms with Gasteiger partial charge in [0.2, 0.25) is 0 Å². The highest BCUT2D eigenvalue weighted by atomic mass is 16.2. The molecule has 0 spiro atoms. The summed E-state index contributed by atoms with van der Waals surface area (Å²) in [7, 11) is 0. The molecule has 5 nitrogen and oxygen atoms in total. The molecule has 26 heavy (non-hydrogen) atoms. The molecule has 1 fully saturated rings. The molecule has 1 saturated heterocycles. The molecular weight excluding hydrogens is 326 g/mol. The van der Waals surface area contributed by atoms with Gasteiger partial charge in [-0.2, -0.15) is 0 Å². The Kier molecular flexibility index (Phi) is 5.26. The van der Waals surface area contributed by atoms with Gasteiger partial charge in [0, 0.05) is 37.6 Å². The van der Waals surface area contributed by atoms with E-state index in [0.29, 0.717) is 18.8 Å². The van der Waals surface area contributed by atoms with Crippen LogP contribution in [0.4, 0.5) is 11.4 Å². The van der Waals surface area contributed by atoms with E-state index in [1.807, 2.05) is 38.1 Å². The highest BCUT2D eigenvalue weighted by Gasteiger charge is 2.26. The van der Waals surface area contributed by atoms with Crippen molar-refractivity contribution < 1.29 is 9.59 Å². The number of hydrogen-bond donors (Lipinski definition) is 1. The summed E-state index contributed by atoms with van der Waals surface area (Å²) in [6, 6.07) is 14.0. The Hall–Kier alpha value is -2.82. The Balaban J connectivity index is 1.59. The number of nitrogens with zero attached hydrogens (tertiary/aromatic N) is 2. The number of piperazine rings is 1. The average Bonchev–Trinajstić information content (AvgIpc) is 2.65. The third-order valence-electron chi connectivity index (χ3n) is 4.98. The topological polar surface area (TPSA) is 52.7 Å². The zero-order valence-electron chi connectivity index (χ0n) is 15.6. The minimum Gasteiger partial charge on any atom is -0.368 e. The van der Waals surface area contributed by atoms with Gasteiger partial charge in [-0.25, -0.2) is 0 Å². The predicted octanol–water partition coefficient (Wildman–Crippen LogP) is 2.90. The van der Waals surface area contributed by atoms with Crippen molar-refractivity contribution >= 4 is 23.2 Å². The average molecular weight is 351 g/mol. The van der Waals surface area contributed by atoms with Crippen LogP contribution in [-0.4, -0.2) is 42.9 Å². The molecule has 0 aliphatic carbocycles. The van der Waals surface area contributed by atoms with Gasteiger partial charge in [0.1, 0.15) is 0 Å². The number of aryl methyl sites for hydroxylation is 2. The molecular formula is C21H25N3O2. The number of anilines is 2. The number of carbonyl (C=O) groups excluding carboxylic acids is 2. The highest BCUT2D eigenvalue weighted by Crippen LogP contribution is 2.19. The van der Waals surface area contributed by atoms with Crippen molar-refractivity contribution in [2.24, 2.45) is 0 Å². The molecule has 136 valence electrons. The fourth-order valence-electron chi connectivity index (χ4n) is 3.20. The summed E-state index contributed by atoms with van der Waals surface area (Å²) >= 11 is 0. The fraction of sp³-hybridized carbons (Fsp3) is 0.333. The van der Waals surface area contributed by atoms with Crippen LogP contribution in [0.3, 0.4) is 0 Å². The number of amides is 2. The number of hydrogen-bond acceptors (Lipinski definition) is 3. The van der Waals surface area contributed by atoms with Gasteiger partial charge in [0.25, 0.3) is 0 Å². The second-order valence-corrected chi connectivity index (χ2v) is 6.82. The Morgan fingerprint density at radius 1 is 0.923 bits per heavy atom. The first-order chi connectivity index (χ1) is 12.5. The van der Waals surface area contributed by atoms with Crippen molar-refractivity contribution in [1.82, 2.24) is 4.90 Å². The molecule has 0 unspecified atom stereocenters. The monoisotopic (exact) mass is 351 g/mol. The molecule has 2 aromatic rings. The van der Waals surface area contributed by atoms with Gasteiger partial charge in [-0.15, -0.1) is 0 Å². The van der Waals surface area contributed by atoms with Crippen molar-refractivity contribution in [3.05, 3.63) is 59.2 Å². The van der Waals surface area contributed by atoms with Gasteiger partial charge in [0.15, 0.2) is 0 Å². The van der Waals surface area contributed by atoms with Gasteiger partial charge >= 0.3 is 11.8 Å². The quantitative estimate of drug-likeness (QED) is 0.847. The Bertz CT molecular complexity index is 824. The van der Waals surface area contributed by atoms with Crippen LogP contribution < -0.4 is 10.2 Å². The summed E-state index contributed by atoms with van der Waals surface area (Å²) < 4.78 is 0. The normalized spacial score (nSPS) is 14.3. The summed E-state index contributed by atoms with van der Waals surface area (Å²) in [5, 5.41) is 2.75. The standard InChI is InChI=1S/C21H25N3O2/c1-15-6-4-8-18(14-15)23-10-12-24(13-11-23)21(26)20(25)22-19-9-5-7-16(2)17(19)3/h4-9,14H,10-13H2,1-3H3,(H,22,25). The molecule has 0 bridgehead atoms. The summed E-state index contributed by atoms with van der Waals surface area (Å²) in [6.45, 7) is 8.55. The Labute approximate surface area is 154 Å². The van der Waals surface area contributed by atoms with Crippen LogP contribution in [0.15, 0.2) is 42.5 Å². The van der Waals surface area contributed by atoms with E-state index in [1.54, 1.807) is 4.90 Å². The lowest BCUT2D eigenvalue weighted by molar-refractivity contribution is -0.143. The van der Waals surface area contributed by atoms with Crippen LogP contribution in [0.25, 0.3) is 0 Å². The minimum atomic E-state index is -0.567. The van der Waals surface area contributed by atoms with E-state index in [2.05, 4.69) is 35.3 Å². The van der Waals surface area contributed by atoms with E-state index in [9.17, 15) is 9.59 Å². The SMILES string of the molecule is Cc1cccc(N2CCN(C(=O)C(=O)Nc3cccc(C)c3C)CC2)c1. The number of carbonyl (C=O) groups is 2. The molecule has 5 heteroatoms. The predicted molar refractivity (Wildman–Crippen MR) is 105 cm³/mol. The zero-order chi connectivity index (χ0) is 18.7. The molecule has 2 amide bonds. The second-order valence-electron chi connectivity index (χ2n) is 6.82. The van der Waals surface area contributed by atoms with Crippen LogP contribution in [0.2, 0.25) is 0 Å². The van der Waals surface area contributed by atoms with Gasteiger partial charge in [-0.1, -0.05) is 24.3 Å². The third kappa shape index (κ3) is 3.87. The lowest BCUT2D eigenvalue weighted by Crippen LogP contribution is -2.51. The zero-order valence-corrected chi connectivity index (χ0v) is 15.6. The molecule has 0 saturated carbocycles. The summed E-state index contributed by atoms with van der Waals surface area (Å²) in [5.74, 6) is -1.03. The van der Waals surface area contributed by atoms with E-state index in [-0.39, 0.29) is 0 Å². The van der Waals surface area contributed by atoms with Crippen molar-refractivity contribution in [3.63, 3.8) is 0 Å². The molecule has 2 aromatic carbocycles. The van der Waals surface area contributed by atoms with Gasteiger partial charge in [-0.05, 0) is 55.7 Å². The van der Waals surface area contributed by atoms with Crippen LogP contribution in [-0.2, 0) is 9.59 Å². The lowest BCUT2D eigenvalue weighted by atomic mass is 10.1. The maximum atomic E-state index is 12.5. The van der Waals surface area contributed by atoms with Gasteiger partial charge < -0.3 is 15.1 Å². The highest BCUT2D eigenvalue weighted by molar-refractivity contribution is 6.39. The minimum absolute atomic E-state index is 0.463. The first-order valence-corrected chi connectivity index (χ1v) is 8.94. The largest absolute Gasteiger partial charge is 0.368 e. The molecule has 1 aliphatic heterocycles. The van der Waals surface area contributed by atoms with Crippen LogP contribution in [0, 0.1) is 20.8 Å². The van der Waals surface area contributed by atoms with Crippen molar-refractivity contribution in [2.45, 2.75) is 20.8 Å². The maximum absolute atomic E-state index is 12.5. The van der Waals surface area contributed by atoms with E-state index >= 15 is 0 Å². The maximum Gasteiger partial charge on any atom is 0.313 e. The summed E-state index contributed by atoms with van der Waals surface area (Å²) in [5.41, 5.74) is 5.15. The first kappa shape index (κ1) is 18.0. The molecule has 0 atom stereocenters. The number of nitrogens with one attached hydrogen (secondary N) is 1.